The normalized spacial score (nSPS) is 13.1. The molecule has 0 saturated heterocycles. The van der Waals surface area contributed by atoms with Crippen LogP contribution in [0.5, 0.6) is 5.75 Å². The molecular weight excluding hydrogens is 304 g/mol. The van der Waals surface area contributed by atoms with E-state index in [-0.39, 0.29) is 18.2 Å². The van der Waals surface area contributed by atoms with Crippen molar-refractivity contribution >= 4 is 17.5 Å². The van der Waals surface area contributed by atoms with Crippen LogP contribution in [0, 0.1) is 0 Å². The average Bonchev–Trinajstić information content (AvgIpc) is 2.61. The van der Waals surface area contributed by atoms with Gasteiger partial charge >= 0.3 is 0 Å². The summed E-state index contributed by atoms with van der Waals surface area (Å²) >= 11 is 0. The van der Waals surface area contributed by atoms with Gasteiger partial charge in [0.25, 0.3) is 0 Å². The number of methoxy groups -OCH3 is 1. The van der Waals surface area contributed by atoms with Crippen molar-refractivity contribution in [2.24, 2.45) is 0 Å². The highest BCUT2D eigenvalue weighted by Gasteiger charge is 2.22. The van der Waals surface area contributed by atoms with Crippen molar-refractivity contribution in [3.63, 3.8) is 0 Å². The molecule has 0 unspecified atom stereocenters. The molecule has 124 valence electrons. The number of hydrogen-bond acceptors (Lipinski definition) is 3. The summed E-state index contributed by atoms with van der Waals surface area (Å²) < 4.78 is 5.07. The van der Waals surface area contributed by atoms with Crippen molar-refractivity contribution < 1.29 is 14.3 Å². The van der Waals surface area contributed by atoms with Crippen molar-refractivity contribution in [3.05, 3.63) is 59.7 Å². The first-order valence-corrected chi connectivity index (χ1v) is 7.94. The number of fused-ring (bicyclic) bond motifs is 1. The standard InChI is InChI=1S/C19H20N2O3/c1-24-17-8-6-16(7-9-17)20-18(22)12-19(23)21-11-10-14-4-2-3-5-15(14)13-21/h2-9H,10-13H2,1H3,(H,20,22). The van der Waals surface area contributed by atoms with Crippen LogP contribution in [0.4, 0.5) is 5.69 Å². The van der Waals surface area contributed by atoms with Gasteiger partial charge in [0.1, 0.15) is 12.2 Å². The van der Waals surface area contributed by atoms with E-state index in [0.717, 1.165) is 17.7 Å². The van der Waals surface area contributed by atoms with Crippen LogP contribution in [0.3, 0.4) is 0 Å². The number of anilines is 1. The molecule has 0 spiro atoms. The van der Waals surface area contributed by atoms with E-state index < -0.39 is 0 Å². The summed E-state index contributed by atoms with van der Waals surface area (Å²) in [5.41, 5.74) is 3.09. The third kappa shape index (κ3) is 3.74. The molecule has 1 aliphatic rings. The molecule has 24 heavy (non-hydrogen) atoms. The third-order valence-electron chi connectivity index (χ3n) is 4.17. The Balaban J connectivity index is 1.55. The Morgan fingerprint density at radius 1 is 1.08 bits per heavy atom. The smallest absolute Gasteiger partial charge is 0.233 e. The lowest BCUT2D eigenvalue weighted by molar-refractivity contribution is -0.135. The molecule has 0 saturated carbocycles. The van der Waals surface area contributed by atoms with E-state index in [4.69, 9.17) is 4.74 Å². The maximum atomic E-state index is 12.4. The zero-order valence-corrected chi connectivity index (χ0v) is 13.6. The molecule has 1 aliphatic heterocycles. The zero-order chi connectivity index (χ0) is 16.9. The van der Waals surface area contributed by atoms with Gasteiger partial charge in [0.2, 0.25) is 11.8 Å². The van der Waals surface area contributed by atoms with E-state index in [0.29, 0.717) is 18.8 Å². The van der Waals surface area contributed by atoms with E-state index in [9.17, 15) is 9.59 Å². The summed E-state index contributed by atoms with van der Waals surface area (Å²) in [5, 5.41) is 2.74. The summed E-state index contributed by atoms with van der Waals surface area (Å²) in [4.78, 5) is 26.2. The van der Waals surface area contributed by atoms with Gasteiger partial charge < -0.3 is 15.0 Å². The Bertz CT molecular complexity index is 741. The van der Waals surface area contributed by atoms with Crippen LogP contribution in [0.1, 0.15) is 17.5 Å². The van der Waals surface area contributed by atoms with Gasteiger partial charge in [-0.1, -0.05) is 24.3 Å². The maximum Gasteiger partial charge on any atom is 0.233 e. The molecule has 2 amide bonds. The lowest BCUT2D eigenvalue weighted by atomic mass is 10.00. The second kappa shape index (κ2) is 7.17. The Labute approximate surface area is 141 Å². The number of carbonyl (C=O) groups is 2. The molecule has 0 aliphatic carbocycles. The van der Waals surface area contributed by atoms with Crippen LogP contribution in [0.15, 0.2) is 48.5 Å². The molecule has 2 aromatic carbocycles. The van der Waals surface area contributed by atoms with Crippen LogP contribution in [-0.4, -0.2) is 30.4 Å². The maximum absolute atomic E-state index is 12.4. The van der Waals surface area contributed by atoms with Gasteiger partial charge in [-0.05, 0) is 41.8 Å². The van der Waals surface area contributed by atoms with Crippen LogP contribution < -0.4 is 10.1 Å². The molecule has 5 nitrogen and oxygen atoms in total. The fourth-order valence-corrected chi connectivity index (χ4v) is 2.84. The fourth-order valence-electron chi connectivity index (χ4n) is 2.84. The summed E-state index contributed by atoms with van der Waals surface area (Å²) in [6.07, 6.45) is 0.691. The number of carbonyl (C=O) groups excluding carboxylic acids is 2. The predicted octanol–water partition coefficient (Wildman–Crippen LogP) is 2.61. The molecule has 0 atom stereocenters. The second-order valence-corrected chi connectivity index (χ2v) is 5.79. The number of amides is 2. The van der Waals surface area contributed by atoms with E-state index in [2.05, 4.69) is 11.4 Å². The minimum absolute atomic E-state index is 0.143. The lowest BCUT2D eigenvalue weighted by Gasteiger charge is -2.28. The molecule has 0 fully saturated rings. The Morgan fingerprint density at radius 2 is 1.79 bits per heavy atom. The highest BCUT2D eigenvalue weighted by atomic mass is 16.5. The van der Waals surface area contributed by atoms with Crippen molar-refractivity contribution in [1.29, 1.82) is 0 Å². The summed E-state index contributed by atoms with van der Waals surface area (Å²) in [5.74, 6) is 0.274. The van der Waals surface area contributed by atoms with E-state index in [1.165, 1.54) is 5.56 Å². The van der Waals surface area contributed by atoms with Crippen LogP contribution in [-0.2, 0) is 22.6 Å². The quantitative estimate of drug-likeness (QED) is 0.880. The highest BCUT2D eigenvalue weighted by Crippen LogP contribution is 2.19. The lowest BCUT2D eigenvalue weighted by Crippen LogP contribution is -2.37. The zero-order valence-electron chi connectivity index (χ0n) is 13.6. The second-order valence-electron chi connectivity index (χ2n) is 5.79. The van der Waals surface area contributed by atoms with E-state index in [1.54, 1.807) is 36.3 Å². The van der Waals surface area contributed by atoms with E-state index >= 15 is 0 Å². The molecule has 1 heterocycles. The number of nitrogens with one attached hydrogen (secondary N) is 1. The monoisotopic (exact) mass is 324 g/mol. The van der Waals surface area contributed by atoms with Gasteiger partial charge in [-0.15, -0.1) is 0 Å². The van der Waals surface area contributed by atoms with Crippen LogP contribution in [0.2, 0.25) is 0 Å². The molecule has 0 radical (unpaired) electrons. The minimum Gasteiger partial charge on any atom is -0.497 e. The number of hydrogen-bond donors (Lipinski definition) is 1. The molecule has 0 bridgehead atoms. The predicted molar refractivity (Wildman–Crippen MR) is 91.8 cm³/mol. The molecule has 3 rings (SSSR count). The first-order valence-electron chi connectivity index (χ1n) is 7.94. The molecule has 2 aromatic rings. The van der Waals surface area contributed by atoms with E-state index in [1.807, 2.05) is 18.2 Å². The number of ether oxygens (including phenoxy) is 1. The summed E-state index contributed by atoms with van der Waals surface area (Å²) in [6.45, 7) is 1.23. The van der Waals surface area contributed by atoms with Crippen molar-refractivity contribution in [3.8, 4) is 5.75 Å². The number of benzene rings is 2. The Kier molecular flexibility index (Phi) is 4.79. The first-order chi connectivity index (χ1) is 11.7. The topological polar surface area (TPSA) is 58.6 Å². The Hall–Kier alpha value is -2.82. The highest BCUT2D eigenvalue weighted by molar-refractivity contribution is 6.03. The van der Waals surface area contributed by atoms with Crippen molar-refractivity contribution in [1.82, 2.24) is 4.90 Å². The summed E-state index contributed by atoms with van der Waals surface area (Å²) in [6, 6.07) is 15.1. The first kappa shape index (κ1) is 16.1. The molecule has 0 aromatic heterocycles. The number of nitrogens with zero attached hydrogens (tertiary/aromatic N) is 1. The van der Waals surface area contributed by atoms with Gasteiger partial charge in [-0.2, -0.15) is 0 Å². The minimum atomic E-state index is -0.302. The SMILES string of the molecule is COc1ccc(NC(=O)CC(=O)N2CCc3ccccc3C2)cc1. The fraction of sp³-hybridized carbons (Fsp3) is 0.263. The number of rotatable bonds is 4. The van der Waals surface area contributed by atoms with Crippen LogP contribution in [0.25, 0.3) is 0 Å². The average molecular weight is 324 g/mol. The Morgan fingerprint density at radius 3 is 2.50 bits per heavy atom. The summed E-state index contributed by atoms with van der Waals surface area (Å²) in [7, 11) is 1.59. The van der Waals surface area contributed by atoms with Gasteiger partial charge in [-0.3, -0.25) is 9.59 Å². The van der Waals surface area contributed by atoms with Crippen LogP contribution >= 0.6 is 0 Å². The van der Waals surface area contributed by atoms with Gasteiger partial charge in [0.15, 0.2) is 0 Å². The molecule has 5 heteroatoms. The molecule has 1 N–H and O–H groups in total. The molecular formula is C19H20N2O3. The van der Waals surface area contributed by atoms with Gasteiger partial charge in [-0.25, -0.2) is 0 Å². The van der Waals surface area contributed by atoms with Gasteiger partial charge in [0, 0.05) is 18.8 Å². The van der Waals surface area contributed by atoms with Crippen molar-refractivity contribution in [2.45, 2.75) is 19.4 Å². The third-order valence-corrected chi connectivity index (χ3v) is 4.17. The largest absolute Gasteiger partial charge is 0.497 e. The van der Waals surface area contributed by atoms with Gasteiger partial charge in [0.05, 0.1) is 7.11 Å². The van der Waals surface area contributed by atoms with Crippen molar-refractivity contribution in [2.75, 3.05) is 19.0 Å².